The number of nitrogens with zero attached hydrogens (tertiary/aromatic N) is 3. The highest BCUT2D eigenvalue weighted by atomic mass is 16.7. The van der Waals surface area contributed by atoms with Gasteiger partial charge in [-0.3, -0.25) is 0 Å². The summed E-state index contributed by atoms with van der Waals surface area (Å²) in [5, 5.41) is 1.90. The van der Waals surface area contributed by atoms with Crippen molar-refractivity contribution in [3.8, 4) is 16.9 Å². The van der Waals surface area contributed by atoms with Gasteiger partial charge in [-0.25, -0.2) is 4.99 Å². The van der Waals surface area contributed by atoms with Crippen molar-refractivity contribution in [1.29, 1.82) is 0 Å². The Hall–Kier alpha value is -3.31. The van der Waals surface area contributed by atoms with E-state index in [0.717, 1.165) is 36.4 Å². The second kappa shape index (κ2) is 10.1. The molecule has 5 heteroatoms. The molecule has 0 saturated heterocycles. The molecule has 172 valence electrons. The molecule has 0 bridgehead atoms. The second-order valence-electron chi connectivity index (χ2n) is 8.78. The van der Waals surface area contributed by atoms with E-state index < -0.39 is 0 Å². The Morgan fingerprint density at radius 2 is 1.79 bits per heavy atom. The van der Waals surface area contributed by atoms with Crippen molar-refractivity contribution in [2.75, 3.05) is 32.8 Å². The van der Waals surface area contributed by atoms with E-state index in [2.05, 4.69) is 74.4 Å². The largest absolute Gasteiger partial charge is 0.496 e. The monoisotopic (exact) mass is 443 g/mol. The van der Waals surface area contributed by atoms with Crippen LogP contribution in [0.15, 0.2) is 71.7 Å². The molecule has 5 nitrogen and oxygen atoms in total. The first-order valence-corrected chi connectivity index (χ1v) is 11.5. The van der Waals surface area contributed by atoms with Crippen molar-refractivity contribution in [3.05, 3.63) is 83.4 Å². The summed E-state index contributed by atoms with van der Waals surface area (Å²) >= 11 is 0. The second-order valence-corrected chi connectivity index (χ2v) is 8.78. The summed E-state index contributed by atoms with van der Waals surface area (Å²) in [6.45, 7) is 5.09. The molecule has 1 unspecified atom stereocenters. The third-order valence-electron chi connectivity index (χ3n) is 5.96. The van der Waals surface area contributed by atoms with E-state index in [4.69, 9.17) is 14.6 Å². The van der Waals surface area contributed by atoms with Gasteiger partial charge in [-0.1, -0.05) is 48.5 Å². The minimum Gasteiger partial charge on any atom is -0.496 e. The van der Waals surface area contributed by atoms with E-state index in [-0.39, 0.29) is 6.17 Å². The number of methoxy groups -OCH3 is 1. The number of aryl methyl sites for hydroxylation is 2. The van der Waals surface area contributed by atoms with E-state index in [1.165, 1.54) is 22.3 Å². The van der Waals surface area contributed by atoms with Crippen LogP contribution in [0, 0.1) is 6.92 Å². The highest BCUT2D eigenvalue weighted by Gasteiger charge is 2.29. The lowest BCUT2D eigenvalue weighted by Gasteiger charge is -2.25. The summed E-state index contributed by atoms with van der Waals surface area (Å²) < 4.78 is 5.62. The number of anilines is 1. The number of ether oxygens (including phenoxy) is 1. The minimum absolute atomic E-state index is 0.225. The van der Waals surface area contributed by atoms with E-state index in [9.17, 15) is 0 Å². The van der Waals surface area contributed by atoms with Crippen molar-refractivity contribution in [3.63, 3.8) is 0 Å². The molecule has 0 aromatic heterocycles. The maximum Gasteiger partial charge on any atom is 0.217 e. The predicted octanol–water partition coefficient (Wildman–Crippen LogP) is 6.03. The van der Waals surface area contributed by atoms with Crippen LogP contribution in [0.25, 0.3) is 11.1 Å². The maximum absolute atomic E-state index is 6.07. The molecule has 1 aliphatic heterocycles. The Kier molecular flexibility index (Phi) is 6.99. The summed E-state index contributed by atoms with van der Waals surface area (Å²) in [6, 6.07) is 23.3. The Morgan fingerprint density at radius 3 is 2.48 bits per heavy atom. The van der Waals surface area contributed by atoms with Crippen LogP contribution in [0.5, 0.6) is 5.75 Å². The molecule has 0 aliphatic carbocycles. The highest BCUT2D eigenvalue weighted by Crippen LogP contribution is 2.37. The van der Waals surface area contributed by atoms with Crippen LogP contribution in [0.4, 0.5) is 5.69 Å². The van der Waals surface area contributed by atoms with E-state index >= 15 is 0 Å². The SMILES string of the molecule is COc1ccc(N2OC(C)=NC2c2ccc(-c3ccccc3)c(C)c2)cc1CCCN(C)C. The van der Waals surface area contributed by atoms with Gasteiger partial charge in [-0.2, -0.15) is 5.06 Å². The van der Waals surface area contributed by atoms with Crippen LogP contribution in [0.3, 0.4) is 0 Å². The van der Waals surface area contributed by atoms with Gasteiger partial charge >= 0.3 is 0 Å². The smallest absolute Gasteiger partial charge is 0.217 e. The number of benzene rings is 3. The normalized spacial score (nSPS) is 15.5. The lowest BCUT2D eigenvalue weighted by Crippen LogP contribution is -2.23. The number of hydrogen-bond acceptors (Lipinski definition) is 5. The zero-order valence-corrected chi connectivity index (χ0v) is 20.2. The molecule has 1 aliphatic rings. The van der Waals surface area contributed by atoms with Crippen LogP contribution in [-0.4, -0.2) is 38.5 Å². The zero-order chi connectivity index (χ0) is 23.4. The van der Waals surface area contributed by atoms with Crippen LogP contribution in [-0.2, 0) is 11.3 Å². The van der Waals surface area contributed by atoms with Gasteiger partial charge in [0.15, 0.2) is 6.17 Å². The summed E-state index contributed by atoms with van der Waals surface area (Å²) in [7, 11) is 5.92. The molecular weight excluding hydrogens is 410 g/mol. The quantitative estimate of drug-likeness (QED) is 0.426. The summed E-state index contributed by atoms with van der Waals surface area (Å²) in [4.78, 5) is 13.1. The van der Waals surface area contributed by atoms with Crippen LogP contribution in [0.1, 0.15) is 36.2 Å². The molecule has 3 aromatic carbocycles. The fourth-order valence-electron chi connectivity index (χ4n) is 4.32. The molecule has 1 heterocycles. The summed E-state index contributed by atoms with van der Waals surface area (Å²) in [5.41, 5.74) is 6.94. The topological polar surface area (TPSA) is 37.3 Å². The van der Waals surface area contributed by atoms with Crippen LogP contribution >= 0.6 is 0 Å². The number of aliphatic imine (C=N–C) groups is 1. The number of rotatable bonds is 8. The van der Waals surface area contributed by atoms with Gasteiger partial charge < -0.3 is 14.5 Å². The van der Waals surface area contributed by atoms with Gasteiger partial charge in [-0.05, 0) is 80.9 Å². The van der Waals surface area contributed by atoms with E-state index in [1.807, 2.05) is 30.2 Å². The zero-order valence-electron chi connectivity index (χ0n) is 20.2. The molecule has 33 heavy (non-hydrogen) atoms. The van der Waals surface area contributed by atoms with Crippen LogP contribution < -0.4 is 9.80 Å². The average molecular weight is 444 g/mol. The highest BCUT2D eigenvalue weighted by molar-refractivity contribution is 5.78. The Labute approximate surface area is 197 Å². The molecule has 0 fully saturated rings. The fourth-order valence-corrected chi connectivity index (χ4v) is 4.32. The first kappa shape index (κ1) is 22.9. The van der Waals surface area contributed by atoms with Crippen molar-refractivity contribution >= 4 is 11.6 Å². The summed E-state index contributed by atoms with van der Waals surface area (Å²) in [5.74, 6) is 1.57. The average Bonchev–Trinajstić information content (AvgIpc) is 3.21. The molecule has 4 rings (SSSR count). The van der Waals surface area contributed by atoms with Gasteiger partial charge in [-0.15, -0.1) is 0 Å². The molecule has 0 radical (unpaired) electrons. The molecule has 0 saturated carbocycles. The molecule has 0 N–H and O–H groups in total. The maximum atomic E-state index is 6.07. The predicted molar refractivity (Wildman–Crippen MR) is 136 cm³/mol. The number of hydrogen-bond donors (Lipinski definition) is 0. The molecule has 0 spiro atoms. The minimum atomic E-state index is -0.225. The van der Waals surface area contributed by atoms with Gasteiger partial charge in [0.25, 0.3) is 0 Å². The van der Waals surface area contributed by atoms with E-state index in [1.54, 1.807) is 7.11 Å². The Morgan fingerprint density at radius 1 is 1.00 bits per heavy atom. The first-order chi connectivity index (χ1) is 16.0. The number of hydroxylamine groups is 1. The van der Waals surface area contributed by atoms with E-state index in [0.29, 0.717) is 5.90 Å². The molecule has 0 amide bonds. The van der Waals surface area contributed by atoms with Crippen molar-refractivity contribution < 1.29 is 9.57 Å². The summed E-state index contributed by atoms with van der Waals surface area (Å²) in [6.07, 6.45) is 1.78. The fraction of sp³-hybridized carbons (Fsp3) is 0.321. The molecule has 3 aromatic rings. The van der Waals surface area contributed by atoms with Gasteiger partial charge in [0.05, 0.1) is 12.8 Å². The first-order valence-electron chi connectivity index (χ1n) is 11.5. The Balaban J connectivity index is 1.62. The van der Waals surface area contributed by atoms with Gasteiger partial charge in [0.2, 0.25) is 5.90 Å². The van der Waals surface area contributed by atoms with Gasteiger partial charge in [0, 0.05) is 12.5 Å². The lowest BCUT2D eigenvalue weighted by molar-refractivity contribution is 0.266. The standard InChI is InChI=1S/C28H33N3O2/c1-20-18-24(13-15-26(20)22-10-7-6-8-11-22)28-29-21(2)33-31(28)25-14-16-27(32-5)23(19-25)12-9-17-30(3)4/h6-8,10-11,13-16,18-19,28H,9,12,17H2,1-5H3. The molecule has 1 atom stereocenters. The lowest BCUT2D eigenvalue weighted by atomic mass is 9.97. The van der Waals surface area contributed by atoms with Crippen molar-refractivity contribution in [2.24, 2.45) is 4.99 Å². The van der Waals surface area contributed by atoms with Gasteiger partial charge in [0.1, 0.15) is 5.75 Å². The van der Waals surface area contributed by atoms with Crippen molar-refractivity contribution in [2.45, 2.75) is 32.9 Å². The Bertz CT molecular complexity index is 1130. The third kappa shape index (κ3) is 5.20. The van der Waals surface area contributed by atoms with Crippen molar-refractivity contribution in [1.82, 2.24) is 4.90 Å². The molecular formula is C28H33N3O2. The van der Waals surface area contributed by atoms with Crippen LogP contribution in [0.2, 0.25) is 0 Å². The third-order valence-corrected chi connectivity index (χ3v) is 5.96.